The summed E-state index contributed by atoms with van der Waals surface area (Å²) in [5.74, 6) is 0.257. The number of aliphatic hydroxyl groups excluding tert-OH is 1. The predicted molar refractivity (Wildman–Crippen MR) is 98.3 cm³/mol. The molecule has 0 radical (unpaired) electrons. The lowest BCUT2D eigenvalue weighted by atomic mass is 10.1. The van der Waals surface area contributed by atoms with Gasteiger partial charge in [-0.2, -0.15) is 0 Å². The molecule has 1 amide bonds. The molecule has 0 aromatic rings. The quantitative estimate of drug-likeness (QED) is 0.302. The van der Waals surface area contributed by atoms with Crippen molar-refractivity contribution in [3.63, 3.8) is 0 Å². The van der Waals surface area contributed by atoms with E-state index in [9.17, 15) is 9.90 Å². The molecule has 0 aliphatic heterocycles. The van der Waals surface area contributed by atoms with Crippen LogP contribution in [-0.2, 0) is 4.79 Å². The van der Waals surface area contributed by atoms with Crippen molar-refractivity contribution in [2.45, 2.75) is 59.3 Å². The number of likely N-dealkylation sites (N-methyl/N-ethyl adjacent to an activating group) is 2. The maximum atomic E-state index is 12.2. The number of amides is 1. The first-order valence-electron chi connectivity index (χ1n) is 9.36. The molecule has 0 bridgehead atoms. The minimum absolute atomic E-state index is 0.215. The zero-order valence-corrected chi connectivity index (χ0v) is 15.9. The lowest BCUT2D eigenvalue weighted by Gasteiger charge is -2.37. The Hall–Kier alpha value is -0.870. The van der Waals surface area contributed by atoms with Gasteiger partial charge in [0.15, 0.2) is 0 Å². The molecule has 0 aliphatic rings. The summed E-state index contributed by atoms with van der Waals surface area (Å²) in [5, 5.41) is 9.26. The van der Waals surface area contributed by atoms with Crippen LogP contribution in [0.3, 0.4) is 0 Å². The molecule has 1 N–H and O–H groups in total. The van der Waals surface area contributed by atoms with Crippen LogP contribution in [0.1, 0.15) is 59.3 Å². The molecule has 4 nitrogen and oxygen atoms in total. The third-order valence-electron chi connectivity index (χ3n) is 5.00. The minimum Gasteiger partial charge on any atom is -0.391 e. The fraction of sp³-hybridized carbons (Fsp3) is 0.842. The number of quaternary nitrogens is 1. The van der Waals surface area contributed by atoms with Crippen LogP contribution >= 0.6 is 0 Å². The van der Waals surface area contributed by atoms with Gasteiger partial charge in [-0.25, -0.2) is 0 Å². The standard InChI is InChI=1S/C19H39N2O2/c1-5-8-9-10-11-12-13-14-19(23)20(4)15-16-21(6-2,7-3)17-18-22/h5,8,22H,6-7,9-18H2,1-4H3/q+1/b8-5+. The van der Waals surface area contributed by atoms with Crippen molar-refractivity contribution in [3.05, 3.63) is 12.2 Å². The second kappa shape index (κ2) is 13.6. The third-order valence-corrected chi connectivity index (χ3v) is 5.00. The van der Waals surface area contributed by atoms with E-state index in [0.29, 0.717) is 6.42 Å². The summed E-state index contributed by atoms with van der Waals surface area (Å²) in [5.41, 5.74) is 0. The number of hydrogen-bond acceptors (Lipinski definition) is 2. The van der Waals surface area contributed by atoms with Gasteiger partial charge in [0.2, 0.25) is 5.91 Å². The van der Waals surface area contributed by atoms with Crippen LogP contribution in [-0.4, -0.2) is 66.8 Å². The molecule has 0 fully saturated rings. The van der Waals surface area contributed by atoms with E-state index in [2.05, 4.69) is 32.9 Å². The van der Waals surface area contributed by atoms with E-state index >= 15 is 0 Å². The number of nitrogens with zero attached hydrogens (tertiary/aromatic N) is 2. The lowest BCUT2D eigenvalue weighted by Crippen LogP contribution is -2.53. The van der Waals surface area contributed by atoms with Crippen molar-refractivity contribution in [2.75, 3.05) is 46.4 Å². The van der Waals surface area contributed by atoms with E-state index in [-0.39, 0.29) is 12.5 Å². The highest BCUT2D eigenvalue weighted by molar-refractivity contribution is 5.75. The molecule has 0 unspecified atom stereocenters. The molecule has 23 heavy (non-hydrogen) atoms. The number of aliphatic hydroxyl groups is 1. The van der Waals surface area contributed by atoms with Crippen LogP contribution in [0, 0.1) is 0 Å². The van der Waals surface area contributed by atoms with Crippen LogP contribution in [0.4, 0.5) is 0 Å². The van der Waals surface area contributed by atoms with Crippen molar-refractivity contribution in [2.24, 2.45) is 0 Å². The summed E-state index contributed by atoms with van der Waals surface area (Å²) in [6.07, 6.45) is 10.7. The van der Waals surface area contributed by atoms with Crippen molar-refractivity contribution in [1.29, 1.82) is 0 Å². The molecule has 0 heterocycles. The van der Waals surface area contributed by atoms with Crippen LogP contribution in [0.2, 0.25) is 0 Å². The fourth-order valence-corrected chi connectivity index (χ4v) is 2.92. The zero-order valence-electron chi connectivity index (χ0n) is 15.9. The summed E-state index contributed by atoms with van der Waals surface area (Å²) >= 11 is 0. The Kier molecular flexibility index (Phi) is 13.0. The van der Waals surface area contributed by atoms with Crippen molar-refractivity contribution < 1.29 is 14.4 Å². The number of rotatable bonds is 14. The van der Waals surface area contributed by atoms with Crippen molar-refractivity contribution in [1.82, 2.24) is 4.90 Å². The second-order valence-electron chi connectivity index (χ2n) is 6.48. The number of hydrogen-bond donors (Lipinski definition) is 1. The first-order valence-corrected chi connectivity index (χ1v) is 9.36. The Labute approximate surface area is 143 Å². The number of unbranched alkanes of at least 4 members (excludes halogenated alkanes) is 4. The Bertz CT molecular complexity index is 325. The normalized spacial score (nSPS) is 12.0. The average Bonchev–Trinajstić information content (AvgIpc) is 2.57. The molecule has 0 aliphatic carbocycles. The topological polar surface area (TPSA) is 40.5 Å². The molecule has 0 rings (SSSR count). The van der Waals surface area contributed by atoms with Gasteiger partial charge in [0, 0.05) is 13.5 Å². The number of carbonyl (C=O) groups is 1. The molecular formula is C19H39N2O2+. The monoisotopic (exact) mass is 327 g/mol. The maximum Gasteiger partial charge on any atom is 0.222 e. The van der Waals surface area contributed by atoms with Crippen molar-refractivity contribution >= 4 is 5.91 Å². The highest BCUT2D eigenvalue weighted by Crippen LogP contribution is 2.09. The Balaban J connectivity index is 3.96. The van der Waals surface area contributed by atoms with Crippen molar-refractivity contribution in [3.8, 4) is 0 Å². The van der Waals surface area contributed by atoms with Gasteiger partial charge in [-0.3, -0.25) is 4.79 Å². The van der Waals surface area contributed by atoms with Gasteiger partial charge in [-0.1, -0.05) is 25.0 Å². The lowest BCUT2D eigenvalue weighted by molar-refractivity contribution is -0.924. The molecule has 0 aromatic heterocycles. The minimum atomic E-state index is 0.215. The van der Waals surface area contributed by atoms with Crippen LogP contribution < -0.4 is 0 Å². The van der Waals surface area contributed by atoms with Crippen LogP contribution in [0.15, 0.2) is 12.2 Å². The maximum absolute atomic E-state index is 12.2. The first kappa shape index (κ1) is 22.1. The fourth-order valence-electron chi connectivity index (χ4n) is 2.92. The van der Waals surface area contributed by atoms with Gasteiger partial charge in [0.1, 0.15) is 6.54 Å². The molecule has 4 heteroatoms. The smallest absolute Gasteiger partial charge is 0.222 e. The van der Waals surface area contributed by atoms with Gasteiger partial charge in [-0.05, 0) is 40.0 Å². The summed E-state index contributed by atoms with van der Waals surface area (Å²) < 4.78 is 0.888. The Morgan fingerprint density at radius 3 is 2.30 bits per heavy atom. The summed E-state index contributed by atoms with van der Waals surface area (Å²) in [4.78, 5) is 14.1. The van der Waals surface area contributed by atoms with E-state index in [4.69, 9.17) is 0 Å². The van der Waals surface area contributed by atoms with E-state index in [1.165, 1.54) is 12.8 Å². The molecular weight excluding hydrogens is 288 g/mol. The third kappa shape index (κ3) is 9.77. The molecule has 0 saturated heterocycles. The molecule has 0 aromatic carbocycles. The Morgan fingerprint density at radius 2 is 1.74 bits per heavy atom. The summed E-state index contributed by atoms with van der Waals surface area (Å²) in [7, 11) is 1.91. The van der Waals surface area contributed by atoms with Gasteiger partial charge in [0.05, 0.1) is 32.8 Å². The van der Waals surface area contributed by atoms with Gasteiger partial charge in [0.25, 0.3) is 0 Å². The zero-order chi connectivity index (χ0) is 17.6. The number of allylic oxidation sites excluding steroid dienone is 2. The van der Waals surface area contributed by atoms with Gasteiger partial charge >= 0.3 is 0 Å². The van der Waals surface area contributed by atoms with Crippen LogP contribution in [0.25, 0.3) is 0 Å². The van der Waals surface area contributed by atoms with Gasteiger partial charge in [-0.15, -0.1) is 0 Å². The molecule has 0 atom stereocenters. The van der Waals surface area contributed by atoms with Gasteiger partial charge < -0.3 is 14.5 Å². The summed E-state index contributed by atoms with van der Waals surface area (Å²) in [6, 6.07) is 0. The average molecular weight is 328 g/mol. The summed E-state index contributed by atoms with van der Waals surface area (Å²) in [6.45, 7) is 11.1. The predicted octanol–water partition coefficient (Wildman–Crippen LogP) is 3.21. The van der Waals surface area contributed by atoms with Crippen LogP contribution in [0.5, 0.6) is 0 Å². The second-order valence-corrected chi connectivity index (χ2v) is 6.48. The molecule has 0 saturated carbocycles. The molecule has 136 valence electrons. The largest absolute Gasteiger partial charge is 0.391 e. The Morgan fingerprint density at radius 1 is 1.09 bits per heavy atom. The SMILES string of the molecule is C/C=C/CCCCCCC(=O)N(C)CC[N+](CC)(CC)CCO. The highest BCUT2D eigenvalue weighted by Gasteiger charge is 2.23. The number of carbonyl (C=O) groups excluding carboxylic acids is 1. The van der Waals surface area contributed by atoms with E-state index in [1.807, 2.05) is 11.9 Å². The van der Waals surface area contributed by atoms with E-state index in [0.717, 1.165) is 56.5 Å². The highest BCUT2D eigenvalue weighted by atomic mass is 16.3. The van der Waals surface area contributed by atoms with E-state index < -0.39 is 0 Å². The van der Waals surface area contributed by atoms with E-state index in [1.54, 1.807) is 0 Å². The first-order chi connectivity index (χ1) is 11.0. The molecule has 0 spiro atoms.